The number of piperidine rings is 1. The molecule has 15 heavy (non-hydrogen) atoms. The second-order valence-electron chi connectivity index (χ2n) is 3.92. The van der Waals surface area contributed by atoms with Crippen molar-refractivity contribution in [3.8, 4) is 0 Å². The lowest BCUT2D eigenvalue weighted by Gasteiger charge is -2.29. The molecule has 1 atom stereocenters. The summed E-state index contributed by atoms with van der Waals surface area (Å²) >= 11 is 0. The summed E-state index contributed by atoms with van der Waals surface area (Å²) < 4.78 is 36.6. The first-order chi connectivity index (χ1) is 6.90. The van der Waals surface area contributed by atoms with Gasteiger partial charge in [-0.3, -0.25) is 4.79 Å². The van der Waals surface area contributed by atoms with Crippen molar-refractivity contribution >= 4 is 5.91 Å². The Morgan fingerprint density at radius 1 is 1.40 bits per heavy atom. The number of rotatable bonds is 3. The number of carbonyl (C=O) groups excluding carboxylic acids is 1. The maximum Gasteiger partial charge on any atom is 0.389 e. The van der Waals surface area contributed by atoms with Gasteiger partial charge in [0.15, 0.2) is 0 Å². The summed E-state index contributed by atoms with van der Waals surface area (Å²) in [6.45, 7) is 1.32. The fourth-order valence-corrected chi connectivity index (χ4v) is 2.00. The van der Waals surface area contributed by atoms with Crippen molar-refractivity contribution in [2.75, 3.05) is 13.1 Å². The first-order valence-corrected chi connectivity index (χ1v) is 4.97. The van der Waals surface area contributed by atoms with Gasteiger partial charge in [-0.1, -0.05) is 0 Å². The molecule has 0 saturated carbocycles. The van der Waals surface area contributed by atoms with Gasteiger partial charge in [-0.2, -0.15) is 13.2 Å². The van der Waals surface area contributed by atoms with E-state index in [0.717, 1.165) is 0 Å². The molecule has 6 heteroatoms. The van der Waals surface area contributed by atoms with Gasteiger partial charge in [-0.05, 0) is 31.8 Å². The van der Waals surface area contributed by atoms with E-state index in [1.807, 2.05) is 0 Å². The Balaban J connectivity index is 2.60. The van der Waals surface area contributed by atoms with Crippen LogP contribution in [0.5, 0.6) is 0 Å². The molecule has 3 nitrogen and oxygen atoms in total. The van der Waals surface area contributed by atoms with Crippen molar-refractivity contribution < 1.29 is 18.0 Å². The molecule has 1 heterocycles. The number of nitrogens with two attached hydrogens (primary N) is 1. The van der Waals surface area contributed by atoms with Gasteiger partial charge in [0.05, 0.1) is 6.42 Å². The Morgan fingerprint density at radius 3 is 2.33 bits per heavy atom. The van der Waals surface area contributed by atoms with Crippen LogP contribution in [0.2, 0.25) is 0 Å². The molecule has 88 valence electrons. The SMILES string of the molecule is NC(=O)C(CC(F)(F)F)C1CCNCC1. The predicted molar refractivity (Wildman–Crippen MR) is 49.0 cm³/mol. The van der Waals surface area contributed by atoms with Crippen LogP contribution in [0.4, 0.5) is 13.2 Å². The number of alkyl halides is 3. The van der Waals surface area contributed by atoms with Crippen molar-refractivity contribution in [2.45, 2.75) is 25.4 Å². The largest absolute Gasteiger partial charge is 0.389 e. The lowest BCUT2D eigenvalue weighted by Crippen LogP contribution is -2.39. The molecule has 0 bridgehead atoms. The van der Waals surface area contributed by atoms with E-state index in [9.17, 15) is 18.0 Å². The summed E-state index contributed by atoms with van der Waals surface area (Å²) in [5.74, 6) is -2.13. The normalized spacial score (nSPS) is 21.3. The third-order valence-corrected chi connectivity index (χ3v) is 2.77. The number of hydrogen-bond donors (Lipinski definition) is 2. The first kappa shape index (κ1) is 12.3. The molecule has 0 spiro atoms. The van der Waals surface area contributed by atoms with Crippen LogP contribution in [0, 0.1) is 11.8 Å². The average molecular weight is 224 g/mol. The Bertz CT molecular complexity index is 224. The monoisotopic (exact) mass is 224 g/mol. The lowest BCUT2D eigenvalue weighted by atomic mass is 9.82. The summed E-state index contributed by atoms with van der Waals surface area (Å²) in [6.07, 6.45) is -4.23. The lowest BCUT2D eigenvalue weighted by molar-refractivity contribution is -0.157. The highest BCUT2D eigenvalue weighted by atomic mass is 19.4. The second-order valence-corrected chi connectivity index (χ2v) is 3.92. The molecule has 1 fully saturated rings. The van der Waals surface area contributed by atoms with Crippen LogP contribution < -0.4 is 11.1 Å². The Labute approximate surface area is 86.2 Å². The zero-order valence-electron chi connectivity index (χ0n) is 8.31. The number of primary amides is 1. The zero-order chi connectivity index (χ0) is 11.5. The summed E-state index contributed by atoms with van der Waals surface area (Å²) in [4.78, 5) is 11.0. The van der Waals surface area contributed by atoms with Crippen LogP contribution in [-0.2, 0) is 4.79 Å². The van der Waals surface area contributed by atoms with Crippen molar-refractivity contribution in [1.29, 1.82) is 0 Å². The van der Waals surface area contributed by atoms with Crippen LogP contribution in [0.3, 0.4) is 0 Å². The molecular weight excluding hydrogens is 209 g/mol. The summed E-state index contributed by atoms with van der Waals surface area (Å²) in [7, 11) is 0. The molecule has 0 aromatic carbocycles. The predicted octanol–water partition coefficient (Wildman–Crippen LogP) is 1.04. The molecule has 1 amide bonds. The molecular formula is C9H15F3N2O. The quantitative estimate of drug-likeness (QED) is 0.752. The van der Waals surface area contributed by atoms with E-state index in [4.69, 9.17) is 5.73 Å². The van der Waals surface area contributed by atoms with Crippen LogP contribution in [-0.4, -0.2) is 25.2 Å². The fourth-order valence-electron chi connectivity index (χ4n) is 2.00. The summed E-state index contributed by atoms with van der Waals surface area (Å²) in [6, 6.07) is 0. The van der Waals surface area contributed by atoms with Gasteiger partial charge in [-0.25, -0.2) is 0 Å². The van der Waals surface area contributed by atoms with E-state index in [-0.39, 0.29) is 5.92 Å². The minimum atomic E-state index is -4.31. The van der Waals surface area contributed by atoms with Gasteiger partial charge in [0, 0.05) is 5.92 Å². The van der Waals surface area contributed by atoms with E-state index >= 15 is 0 Å². The molecule has 0 aliphatic carbocycles. The molecule has 1 rings (SSSR count). The van der Waals surface area contributed by atoms with E-state index in [1.54, 1.807) is 0 Å². The molecule has 0 aromatic heterocycles. The van der Waals surface area contributed by atoms with Crippen molar-refractivity contribution in [3.05, 3.63) is 0 Å². The van der Waals surface area contributed by atoms with Crippen molar-refractivity contribution in [2.24, 2.45) is 17.6 Å². The fraction of sp³-hybridized carbons (Fsp3) is 0.889. The standard InChI is InChI=1S/C9H15F3N2O/c10-9(11,12)5-7(8(13)15)6-1-3-14-4-2-6/h6-7,14H,1-5H2,(H2,13,15). The summed E-state index contributed by atoms with van der Waals surface area (Å²) in [5.41, 5.74) is 5.02. The smallest absolute Gasteiger partial charge is 0.369 e. The van der Waals surface area contributed by atoms with Crippen molar-refractivity contribution in [1.82, 2.24) is 5.32 Å². The maximum absolute atomic E-state index is 12.2. The maximum atomic E-state index is 12.2. The highest BCUT2D eigenvalue weighted by Crippen LogP contribution is 2.32. The zero-order valence-corrected chi connectivity index (χ0v) is 8.31. The molecule has 3 N–H and O–H groups in total. The van der Waals surface area contributed by atoms with Gasteiger partial charge >= 0.3 is 6.18 Å². The molecule has 0 radical (unpaired) electrons. The molecule has 1 saturated heterocycles. The number of nitrogens with one attached hydrogen (secondary N) is 1. The molecule has 1 unspecified atom stereocenters. The van der Waals surface area contributed by atoms with Crippen LogP contribution in [0.15, 0.2) is 0 Å². The highest BCUT2D eigenvalue weighted by molar-refractivity contribution is 5.77. The highest BCUT2D eigenvalue weighted by Gasteiger charge is 2.38. The third kappa shape index (κ3) is 4.07. The number of carbonyl (C=O) groups is 1. The van der Waals surface area contributed by atoms with E-state index in [1.165, 1.54) is 0 Å². The minimum Gasteiger partial charge on any atom is -0.369 e. The van der Waals surface area contributed by atoms with Crippen LogP contribution >= 0.6 is 0 Å². The van der Waals surface area contributed by atoms with Gasteiger partial charge in [0.1, 0.15) is 0 Å². The van der Waals surface area contributed by atoms with Gasteiger partial charge in [0.25, 0.3) is 0 Å². The van der Waals surface area contributed by atoms with E-state index in [2.05, 4.69) is 5.32 Å². The van der Waals surface area contributed by atoms with E-state index < -0.39 is 24.4 Å². The first-order valence-electron chi connectivity index (χ1n) is 4.97. The molecule has 0 aromatic rings. The molecule has 1 aliphatic heterocycles. The van der Waals surface area contributed by atoms with Crippen LogP contribution in [0.25, 0.3) is 0 Å². The average Bonchev–Trinajstić information content (AvgIpc) is 2.14. The molecule has 1 aliphatic rings. The number of halogens is 3. The minimum absolute atomic E-state index is 0.231. The van der Waals surface area contributed by atoms with Gasteiger partial charge in [-0.15, -0.1) is 0 Å². The Hall–Kier alpha value is -0.780. The van der Waals surface area contributed by atoms with Gasteiger partial charge < -0.3 is 11.1 Å². The Morgan fingerprint density at radius 2 is 1.93 bits per heavy atom. The summed E-state index contributed by atoms with van der Waals surface area (Å²) in [5, 5.41) is 3.04. The number of amides is 1. The van der Waals surface area contributed by atoms with Gasteiger partial charge in [0.2, 0.25) is 5.91 Å². The third-order valence-electron chi connectivity index (χ3n) is 2.77. The van der Waals surface area contributed by atoms with Crippen LogP contribution in [0.1, 0.15) is 19.3 Å². The van der Waals surface area contributed by atoms with Crippen molar-refractivity contribution in [3.63, 3.8) is 0 Å². The Kier molecular flexibility index (Phi) is 3.96. The topological polar surface area (TPSA) is 55.1 Å². The van der Waals surface area contributed by atoms with E-state index in [0.29, 0.717) is 25.9 Å². The number of hydrogen-bond acceptors (Lipinski definition) is 2. The second kappa shape index (κ2) is 4.83.